The predicted molar refractivity (Wildman–Crippen MR) is 245 cm³/mol. The second-order valence-electron chi connectivity index (χ2n) is 16.2. The van der Waals surface area contributed by atoms with Gasteiger partial charge in [-0.2, -0.15) is 0 Å². The van der Waals surface area contributed by atoms with Crippen LogP contribution < -0.4 is 10.6 Å². The highest BCUT2D eigenvalue weighted by molar-refractivity contribution is 8.14. The number of ketones is 1. The van der Waals surface area contributed by atoms with Crippen molar-refractivity contribution in [1.29, 1.82) is 0 Å². The fraction of sp³-hybridized carbons (Fsp3) is 0.404. The number of nitrogens with zero attached hydrogens (tertiary/aromatic N) is 2. The van der Waals surface area contributed by atoms with Crippen molar-refractivity contribution in [3.63, 3.8) is 0 Å². The summed E-state index contributed by atoms with van der Waals surface area (Å²) in [5.41, 5.74) is 2.47. The molecule has 13 heteroatoms. The Balaban J connectivity index is 1.19. The van der Waals surface area contributed by atoms with Crippen LogP contribution in [0.15, 0.2) is 114 Å². The van der Waals surface area contributed by atoms with Gasteiger partial charge in [-0.15, -0.1) is 34.9 Å². The number of ether oxygens (including phenoxy) is 2. The van der Waals surface area contributed by atoms with E-state index < -0.39 is 46.0 Å². The fourth-order valence-corrected chi connectivity index (χ4v) is 10.0. The van der Waals surface area contributed by atoms with Gasteiger partial charge >= 0.3 is 12.1 Å². The first-order chi connectivity index (χ1) is 28.6. The molecule has 0 radical (unpaired) electrons. The number of carbonyl (C=O) groups is 4. The van der Waals surface area contributed by atoms with Crippen LogP contribution in [0.3, 0.4) is 0 Å². The highest BCUT2D eigenvalue weighted by Crippen LogP contribution is 2.48. The van der Waals surface area contributed by atoms with Gasteiger partial charge in [-0.05, 0) is 81.9 Å². The molecule has 0 spiro atoms. The summed E-state index contributed by atoms with van der Waals surface area (Å²) in [6.45, 7) is 12.5. The van der Waals surface area contributed by atoms with Crippen molar-refractivity contribution >= 4 is 63.7 Å². The summed E-state index contributed by atoms with van der Waals surface area (Å²) in [5, 5.41) is 8.72. The van der Waals surface area contributed by atoms with Gasteiger partial charge in [0, 0.05) is 17.6 Å². The molecule has 3 aromatic carbocycles. The number of benzene rings is 3. The van der Waals surface area contributed by atoms with Crippen molar-refractivity contribution in [3.05, 3.63) is 136 Å². The van der Waals surface area contributed by atoms with E-state index in [4.69, 9.17) is 14.5 Å². The lowest BCUT2D eigenvalue weighted by Gasteiger charge is -2.35. The van der Waals surface area contributed by atoms with Crippen LogP contribution in [0.25, 0.3) is 0 Å². The normalized spacial score (nSPS) is 16.6. The predicted octanol–water partition coefficient (Wildman–Crippen LogP) is 9.51. The van der Waals surface area contributed by atoms with E-state index in [0.717, 1.165) is 18.6 Å². The molecule has 1 aliphatic heterocycles. The Labute approximate surface area is 366 Å². The lowest BCUT2D eigenvalue weighted by Crippen LogP contribution is -2.53. The Morgan fingerprint density at radius 2 is 1.50 bits per heavy atom. The first kappa shape index (κ1) is 46.3. The van der Waals surface area contributed by atoms with Gasteiger partial charge in [-0.1, -0.05) is 111 Å². The van der Waals surface area contributed by atoms with Crippen LogP contribution in [0.5, 0.6) is 0 Å². The van der Waals surface area contributed by atoms with Crippen LogP contribution in [-0.2, 0) is 35.1 Å². The van der Waals surface area contributed by atoms with Gasteiger partial charge < -0.3 is 20.1 Å². The minimum atomic E-state index is -1.15. The van der Waals surface area contributed by atoms with Crippen LogP contribution in [0.1, 0.15) is 95.1 Å². The Bertz CT molecular complexity index is 2020. The van der Waals surface area contributed by atoms with E-state index in [9.17, 15) is 19.2 Å². The molecule has 4 aromatic rings. The van der Waals surface area contributed by atoms with E-state index in [0.29, 0.717) is 21.5 Å². The number of amides is 2. The number of thioether (sulfide) groups is 2. The number of thiazole rings is 1. The summed E-state index contributed by atoms with van der Waals surface area (Å²) in [4.78, 5) is 61.2. The summed E-state index contributed by atoms with van der Waals surface area (Å²) in [5.74, 6) is -0.218. The van der Waals surface area contributed by atoms with Gasteiger partial charge in [0.1, 0.15) is 44.8 Å². The molecule has 1 aliphatic rings. The monoisotopic (exact) mass is 868 g/mol. The van der Waals surface area contributed by atoms with Crippen molar-refractivity contribution in [1.82, 2.24) is 15.6 Å². The Hall–Kier alpha value is -4.72. The minimum absolute atomic E-state index is 0.0276. The third-order valence-electron chi connectivity index (χ3n) is 9.57. The highest BCUT2D eigenvalue weighted by Gasteiger charge is 2.42. The van der Waals surface area contributed by atoms with Gasteiger partial charge in [-0.25, -0.2) is 14.6 Å². The number of rotatable bonds is 19. The van der Waals surface area contributed by atoms with Crippen LogP contribution in [0, 0.1) is 5.92 Å². The van der Waals surface area contributed by atoms with Crippen LogP contribution in [-0.4, -0.2) is 68.6 Å². The number of esters is 1. The summed E-state index contributed by atoms with van der Waals surface area (Å²) in [6, 6.07) is 30.8. The fourth-order valence-electron chi connectivity index (χ4n) is 6.59. The third kappa shape index (κ3) is 12.7. The number of alkyl carbamates (subject to hydrolysis) is 1. The van der Waals surface area contributed by atoms with Gasteiger partial charge in [0.05, 0.1) is 11.3 Å². The van der Waals surface area contributed by atoms with Crippen molar-refractivity contribution < 1.29 is 28.7 Å². The number of unbranched alkanes of at least 4 members (excludes halogenated alkanes) is 1. The summed E-state index contributed by atoms with van der Waals surface area (Å²) in [7, 11) is 0. The zero-order valence-electron chi connectivity index (χ0n) is 35.4. The van der Waals surface area contributed by atoms with Crippen molar-refractivity contribution in [2.75, 3.05) is 11.5 Å². The number of carbonyl (C=O) groups excluding carboxylic acids is 4. The maximum Gasteiger partial charge on any atom is 0.408 e. The Morgan fingerprint density at radius 3 is 2.03 bits per heavy atom. The smallest absolute Gasteiger partial charge is 0.408 e. The number of hydrogen-bond acceptors (Lipinski definition) is 11. The molecule has 10 nitrogen and oxygen atoms in total. The minimum Gasteiger partial charge on any atom is -0.456 e. The molecular formula is C47H56N4O6S3. The van der Waals surface area contributed by atoms with Crippen LogP contribution >= 0.6 is 34.9 Å². The van der Waals surface area contributed by atoms with E-state index >= 15 is 0 Å². The Morgan fingerprint density at radius 1 is 0.917 bits per heavy atom. The topological polar surface area (TPSA) is 136 Å². The molecule has 318 valence electrons. The zero-order valence-corrected chi connectivity index (χ0v) is 37.9. The molecule has 2 heterocycles. The molecular weight excluding hydrogens is 813 g/mol. The van der Waals surface area contributed by atoms with E-state index in [-0.39, 0.29) is 24.7 Å². The van der Waals surface area contributed by atoms with Crippen molar-refractivity contribution in [2.45, 2.75) is 102 Å². The quantitative estimate of drug-likeness (QED) is 0.0409. The standard InChI is InChI=1S/C47H56N4O6S3/c1-32(2)40(50-43(54)46(7)31-59-41(51-46)38-30-58-39(49-38)29-48-44(55)57-45(4,5)6)42(53)56-37(28-33(3)52)26-18-11-19-27-60-47(34-20-12-8-13-21-34,35-22-14-9-15-23-35)36-24-16-10-17-25-36/h8-10,12-18,20-26,30,32,37,40H,11,19,27-29,31H2,1-7H3,(H,48,55)(H,50,54)/b26-18+/t37?,40-,46-/m0/s1. The first-order valence-corrected chi connectivity index (χ1v) is 23.1. The molecule has 3 atom stereocenters. The summed E-state index contributed by atoms with van der Waals surface area (Å²) >= 11 is 4.67. The summed E-state index contributed by atoms with van der Waals surface area (Å²) < 4.78 is 10.8. The number of hydrogen-bond donors (Lipinski definition) is 2. The summed E-state index contributed by atoms with van der Waals surface area (Å²) in [6.07, 6.45) is 4.06. The van der Waals surface area contributed by atoms with Gasteiger partial charge in [0.2, 0.25) is 5.91 Å². The van der Waals surface area contributed by atoms with Crippen LogP contribution in [0.4, 0.5) is 4.79 Å². The first-order valence-electron chi connectivity index (χ1n) is 20.2. The molecule has 2 amide bonds. The second-order valence-corrected chi connectivity index (χ2v) is 19.5. The average Bonchev–Trinajstić information content (AvgIpc) is 3.86. The number of Topliss-reactive ketones (excluding diaryl/α,β-unsaturated/α-hetero) is 1. The molecule has 2 N–H and O–H groups in total. The molecule has 0 bridgehead atoms. The van der Waals surface area contributed by atoms with E-state index in [2.05, 4.69) is 88.4 Å². The maximum absolute atomic E-state index is 13.7. The second kappa shape index (κ2) is 21.2. The maximum atomic E-state index is 13.7. The number of allylic oxidation sites excluding steroid dienone is 1. The third-order valence-corrected chi connectivity index (χ3v) is 13.3. The molecule has 0 aliphatic carbocycles. The highest BCUT2D eigenvalue weighted by atomic mass is 32.2. The number of aromatic nitrogens is 1. The van der Waals surface area contributed by atoms with Gasteiger partial charge in [0.15, 0.2) is 0 Å². The zero-order chi connectivity index (χ0) is 43.3. The van der Waals surface area contributed by atoms with Crippen molar-refractivity contribution in [3.8, 4) is 0 Å². The number of nitrogens with one attached hydrogen (secondary N) is 2. The lowest BCUT2D eigenvalue weighted by atomic mass is 9.84. The molecule has 1 unspecified atom stereocenters. The van der Waals surface area contributed by atoms with Gasteiger partial charge in [-0.3, -0.25) is 14.6 Å². The largest absolute Gasteiger partial charge is 0.456 e. The Kier molecular flexibility index (Phi) is 16.4. The van der Waals surface area contributed by atoms with E-state index in [1.165, 1.54) is 46.7 Å². The SMILES string of the molecule is CC(=O)CC(/C=C/CCCSC(c1ccccc1)(c1ccccc1)c1ccccc1)OC(=O)[C@@H](NC(=O)[C@]1(C)CSC(c2csc(CNC(=O)OC(C)(C)C)n2)=N1)C(C)C. The molecule has 60 heavy (non-hydrogen) atoms. The number of aliphatic imine (C=N–C) groups is 1. The van der Waals surface area contributed by atoms with E-state index in [1.807, 2.05) is 55.3 Å². The molecule has 0 saturated carbocycles. The molecule has 5 rings (SSSR count). The van der Waals surface area contributed by atoms with Crippen molar-refractivity contribution in [2.24, 2.45) is 10.9 Å². The molecule has 0 saturated heterocycles. The van der Waals surface area contributed by atoms with Gasteiger partial charge in [0.25, 0.3) is 0 Å². The molecule has 1 aromatic heterocycles. The van der Waals surface area contributed by atoms with Crippen LogP contribution in [0.2, 0.25) is 0 Å². The van der Waals surface area contributed by atoms with E-state index in [1.54, 1.807) is 33.8 Å². The average molecular weight is 869 g/mol. The lowest BCUT2D eigenvalue weighted by molar-refractivity contribution is -0.153. The molecule has 0 fully saturated rings.